The Bertz CT molecular complexity index is 869. The number of quaternary nitrogens is 1. The van der Waals surface area contributed by atoms with Crippen LogP contribution in [0.15, 0.2) is 39.4 Å². The van der Waals surface area contributed by atoms with Gasteiger partial charge in [0.25, 0.3) is 11.3 Å². The van der Waals surface area contributed by atoms with Crippen LogP contribution in [0.4, 0.5) is 5.00 Å². The number of hydrogen-bond donors (Lipinski definition) is 3. The molecule has 0 bridgehead atoms. The van der Waals surface area contributed by atoms with Crippen LogP contribution < -0.4 is 4.72 Å². The van der Waals surface area contributed by atoms with E-state index in [0.717, 1.165) is 11.3 Å². The molecule has 3 N–H and O–H groups in total. The first-order chi connectivity index (χ1) is 11.0. The molecule has 10 heteroatoms. The van der Waals surface area contributed by atoms with Crippen molar-refractivity contribution in [1.82, 2.24) is 0 Å². The Morgan fingerprint density at radius 1 is 1.21 bits per heavy atom. The molecule has 0 saturated heterocycles. The first-order valence-corrected chi connectivity index (χ1v) is 10.2. The van der Waals surface area contributed by atoms with Crippen LogP contribution in [0, 0.1) is 0 Å². The van der Waals surface area contributed by atoms with Gasteiger partial charge in [0, 0.05) is 5.56 Å². The number of aromatic hydroxyl groups is 1. The normalized spacial score (nSPS) is 13.7. The summed E-state index contributed by atoms with van der Waals surface area (Å²) in [6.07, 6.45) is 0. The summed E-state index contributed by atoms with van der Waals surface area (Å²) in [4.78, 5) is 0.0715. The van der Waals surface area contributed by atoms with E-state index < -0.39 is 21.1 Å². The number of phenolic OH excluding ortho intramolecular Hbond substituents is 1. The second-order valence-corrected chi connectivity index (χ2v) is 10.2. The van der Waals surface area contributed by atoms with Gasteiger partial charge in [0.1, 0.15) is 21.5 Å². The van der Waals surface area contributed by atoms with Crippen molar-refractivity contribution in [2.45, 2.75) is 15.6 Å². The SMILES string of the molecule is C[N+](C)(C)Cc1cc(S(=O)(=O)c2ccc(NS(=O)O)s2)ccc1O. The van der Waals surface area contributed by atoms with Gasteiger partial charge in [-0.25, -0.2) is 12.6 Å². The Morgan fingerprint density at radius 2 is 1.88 bits per heavy atom. The molecule has 0 aliphatic carbocycles. The van der Waals surface area contributed by atoms with E-state index in [0.29, 0.717) is 16.6 Å². The van der Waals surface area contributed by atoms with Gasteiger partial charge in [-0.05, 0) is 30.3 Å². The lowest BCUT2D eigenvalue weighted by Crippen LogP contribution is -2.33. The summed E-state index contributed by atoms with van der Waals surface area (Å²) in [7, 11) is 2.04. The van der Waals surface area contributed by atoms with Crippen molar-refractivity contribution in [2.75, 3.05) is 25.9 Å². The number of sulfone groups is 1. The first kappa shape index (κ1) is 18.9. The van der Waals surface area contributed by atoms with Gasteiger partial charge in [0.15, 0.2) is 0 Å². The van der Waals surface area contributed by atoms with E-state index in [-0.39, 0.29) is 19.9 Å². The monoisotopic (exact) mass is 391 g/mol. The van der Waals surface area contributed by atoms with E-state index in [4.69, 9.17) is 4.55 Å². The van der Waals surface area contributed by atoms with Gasteiger partial charge in [-0.3, -0.25) is 9.27 Å². The van der Waals surface area contributed by atoms with Gasteiger partial charge < -0.3 is 9.59 Å². The molecule has 24 heavy (non-hydrogen) atoms. The van der Waals surface area contributed by atoms with Crippen LogP contribution in [0.1, 0.15) is 5.56 Å². The number of anilines is 1. The molecule has 2 aromatic rings. The number of nitrogens with one attached hydrogen (secondary N) is 1. The van der Waals surface area contributed by atoms with Crippen LogP contribution in [0.2, 0.25) is 0 Å². The van der Waals surface area contributed by atoms with Crippen LogP contribution in [-0.4, -0.2) is 47.9 Å². The zero-order valence-corrected chi connectivity index (χ0v) is 15.8. The summed E-state index contributed by atoms with van der Waals surface area (Å²) >= 11 is -1.39. The fourth-order valence-corrected chi connectivity index (χ4v) is 5.22. The highest BCUT2D eigenvalue weighted by molar-refractivity contribution is 7.93. The molecular formula is C14H19N2O5S3+. The second kappa shape index (κ2) is 6.81. The van der Waals surface area contributed by atoms with Crippen molar-refractivity contribution < 1.29 is 26.8 Å². The molecule has 2 rings (SSSR count). The van der Waals surface area contributed by atoms with Crippen LogP contribution in [-0.2, 0) is 27.6 Å². The topological polar surface area (TPSA) is 104 Å². The smallest absolute Gasteiger partial charge is 0.259 e. The van der Waals surface area contributed by atoms with Gasteiger partial charge in [-0.15, -0.1) is 11.3 Å². The first-order valence-electron chi connectivity index (χ1n) is 6.84. The Morgan fingerprint density at radius 3 is 2.46 bits per heavy atom. The lowest BCUT2D eigenvalue weighted by Gasteiger charge is -2.24. The molecule has 1 aromatic heterocycles. The van der Waals surface area contributed by atoms with Crippen LogP contribution >= 0.6 is 11.3 Å². The van der Waals surface area contributed by atoms with E-state index >= 15 is 0 Å². The van der Waals surface area contributed by atoms with E-state index in [9.17, 15) is 17.7 Å². The van der Waals surface area contributed by atoms with Gasteiger partial charge in [0.05, 0.1) is 26.0 Å². The summed E-state index contributed by atoms with van der Waals surface area (Å²) in [6, 6.07) is 6.99. The lowest BCUT2D eigenvalue weighted by atomic mass is 10.2. The van der Waals surface area contributed by atoms with Crippen molar-refractivity contribution in [3.8, 4) is 5.75 Å². The highest BCUT2D eigenvalue weighted by atomic mass is 32.2. The number of thiophene rings is 1. The Labute approximate surface area is 147 Å². The summed E-state index contributed by atoms with van der Waals surface area (Å²) in [5, 5.41) is 10.2. The highest BCUT2D eigenvalue weighted by Crippen LogP contribution is 2.33. The van der Waals surface area contributed by atoms with E-state index in [1.807, 2.05) is 21.1 Å². The van der Waals surface area contributed by atoms with Crippen LogP contribution in [0.5, 0.6) is 5.75 Å². The summed E-state index contributed by atoms with van der Waals surface area (Å²) in [5.74, 6) is 0.0474. The van der Waals surface area contributed by atoms with Crippen molar-refractivity contribution in [3.05, 3.63) is 35.9 Å². The predicted octanol–water partition coefficient (Wildman–Crippen LogP) is 2.04. The van der Waals surface area contributed by atoms with E-state index in [1.54, 1.807) is 0 Å². The molecule has 0 spiro atoms. The average Bonchev–Trinajstić information content (AvgIpc) is 2.88. The lowest BCUT2D eigenvalue weighted by molar-refractivity contribution is -0.884. The van der Waals surface area contributed by atoms with Crippen LogP contribution in [0.3, 0.4) is 0 Å². The largest absolute Gasteiger partial charge is 0.507 e. The zero-order chi connectivity index (χ0) is 18.1. The molecule has 1 atom stereocenters. The van der Waals surface area contributed by atoms with Crippen molar-refractivity contribution in [1.29, 1.82) is 0 Å². The minimum absolute atomic E-state index is 0.0474. The molecule has 7 nitrogen and oxygen atoms in total. The summed E-state index contributed by atoms with van der Waals surface area (Å²) in [5.41, 5.74) is 0.537. The Kier molecular flexibility index (Phi) is 5.35. The standard InChI is InChI=1S/C14H18N2O5S3/c1-16(2,3)9-10-8-11(4-5-12(10)17)24(20,21)14-7-6-13(22-14)15-23(18)19/h4-8,15H,9H2,1-3H3,(H-,17,18,19)/p+1. The number of rotatable bonds is 6. The molecule has 1 unspecified atom stereocenters. The fourth-order valence-electron chi connectivity index (χ4n) is 2.09. The van der Waals surface area contributed by atoms with Gasteiger partial charge in [0.2, 0.25) is 9.84 Å². The molecule has 0 aliphatic rings. The number of phenols is 1. The number of nitrogens with zero attached hydrogens (tertiary/aromatic N) is 1. The molecule has 0 aliphatic heterocycles. The molecule has 1 heterocycles. The molecule has 0 amide bonds. The maximum atomic E-state index is 12.7. The second-order valence-electron chi connectivity index (χ2n) is 6.21. The van der Waals surface area contributed by atoms with Crippen LogP contribution in [0.25, 0.3) is 0 Å². The van der Waals surface area contributed by atoms with E-state index in [1.165, 1.54) is 30.3 Å². The molecule has 0 radical (unpaired) electrons. The van der Waals surface area contributed by atoms with Gasteiger partial charge in [-0.1, -0.05) is 0 Å². The van der Waals surface area contributed by atoms with Crippen molar-refractivity contribution in [3.63, 3.8) is 0 Å². The van der Waals surface area contributed by atoms with Crippen molar-refractivity contribution in [2.24, 2.45) is 0 Å². The number of benzene rings is 1. The Hall–Kier alpha value is -1.46. The Balaban J connectivity index is 2.41. The molecule has 132 valence electrons. The fraction of sp³-hybridized carbons (Fsp3) is 0.286. The molecule has 0 saturated carbocycles. The zero-order valence-electron chi connectivity index (χ0n) is 13.4. The third kappa shape index (κ3) is 4.54. The van der Waals surface area contributed by atoms with E-state index in [2.05, 4.69) is 4.72 Å². The quantitative estimate of drug-likeness (QED) is 0.516. The maximum absolute atomic E-state index is 12.7. The summed E-state index contributed by atoms with van der Waals surface area (Å²) < 4.78 is 47.8. The predicted molar refractivity (Wildman–Crippen MR) is 94.0 cm³/mol. The number of hydrogen-bond acceptors (Lipinski definition) is 5. The third-order valence-electron chi connectivity index (χ3n) is 3.04. The molecule has 0 fully saturated rings. The van der Waals surface area contributed by atoms with Crippen molar-refractivity contribution >= 4 is 37.4 Å². The molecular weight excluding hydrogens is 372 g/mol. The maximum Gasteiger partial charge on any atom is 0.259 e. The third-order valence-corrected chi connectivity index (χ3v) is 6.81. The minimum Gasteiger partial charge on any atom is -0.507 e. The van der Waals surface area contributed by atoms with Gasteiger partial charge in [-0.2, -0.15) is 0 Å². The minimum atomic E-state index is -3.77. The van der Waals surface area contributed by atoms with Gasteiger partial charge >= 0.3 is 0 Å². The highest BCUT2D eigenvalue weighted by Gasteiger charge is 2.23. The molecule has 1 aromatic carbocycles. The summed E-state index contributed by atoms with van der Waals surface area (Å²) in [6.45, 7) is 0.468. The average molecular weight is 392 g/mol.